The van der Waals surface area contributed by atoms with Crippen molar-refractivity contribution in [1.82, 2.24) is 10.6 Å². The van der Waals surface area contributed by atoms with E-state index < -0.39 is 49.4 Å². The molecular weight excluding hydrogens is 589 g/mol. The molecule has 0 heterocycles. The van der Waals surface area contributed by atoms with Gasteiger partial charge in [-0.1, -0.05) is 86.6 Å². The van der Waals surface area contributed by atoms with Gasteiger partial charge < -0.3 is 36.8 Å². The fourth-order valence-electron chi connectivity index (χ4n) is 4.21. The van der Waals surface area contributed by atoms with Gasteiger partial charge >= 0.3 is 19.7 Å². The SMILES string of the molecule is CC(C)C(NC(=O)C(Cc1ccccc1)NC(=O)OCc1ccccc1)P(=O)(O)OC(C(=O)O)c1cccc(N=C(N)N)c1. The molecule has 3 aromatic carbocycles. The third-order valence-electron chi connectivity index (χ3n) is 6.29. The van der Waals surface area contributed by atoms with Gasteiger partial charge in [-0.3, -0.25) is 13.9 Å². The number of nitrogens with one attached hydrogen (secondary N) is 2. The van der Waals surface area contributed by atoms with Gasteiger partial charge in [-0.2, -0.15) is 0 Å². The molecule has 0 saturated carbocycles. The van der Waals surface area contributed by atoms with Crippen molar-refractivity contribution in [2.75, 3.05) is 0 Å². The fourth-order valence-corrected chi connectivity index (χ4v) is 5.90. The number of hydrogen-bond donors (Lipinski definition) is 6. The first-order chi connectivity index (χ1) is 20.9. The predicted octanol–water partition coefficient (Wildman–Crippen LogP) is 3.56. The van der Waals surface area contributed by atoms with E-state index >= 15 is 0 Å². The zero-order valence-corrected chi connectivity index (χ0v) is 25.1. The molecule has 0 aliphatic rings. The lowest BCUT2D eigenvalue weighted by Gasteiger charge is -2.30. The Hall–Kier alpha value is -4.71. The summed E-state index contributed by atoms with van der Waals surface area (Å²) in [4.78, 5) is 53.2. The molecule has 8 N–H and O–H groups in total. The Morgan fingerprint density at radius 1 is 0.909 bits per heavy atom. The summed E-state index contributed by atoms with van der Waals surface area (Å²) in [7, 11) is -4.88. The maximum absolute atomic E-state index is 13.6. The van der Waals surface area contributed by atoms with Gasteiger partial charge in [0.25, 0.3) is 0 Å². The number of aliphatic carboxylic acids is 1. The highest BCUT2D eigenvalue weighted by Gasteiger charge is 2.42. The Morgan fingerprint density at radius 3 is 2.09 bits per heavy atom. The first kappa shape index (κ1) is 33.8. The number of nitrogens with two attached hydrogens (primary N) is 2. The van der Waals surface area contributed by atoms with Crippen LogP contribution in [0.5, 0.6) is 0 Å². The van der Waals surface area contributed by atoms with Crippen molar-refractivity contribution >= 4 is 37.2 Å². The normalized spacial score (nSPS) is 14.4. The molecule has 0 aromatic heterocycles. The van der Waals surface area contributed by atoms with Crippen molar-refractivity contribution in [3.8, 4) is 0 Å². The molecule has 0 radical (unpaired) electrons. The van der Waals surface area contributed by atoms with Crippen molar-refractivity contribution in [3.05, 3.63) is 102 Å². The summed E-state index contributed by atoms with van der Waals surface area (Å²) in [5, 5.41) is 14.9. The highest BCUT2D eigenvalue weighted by molar-refractivity contribution is 7.53. The van der Waals surface area contributed by atoms with Crippen molar-refractivity contribution in [1.29, 1.82) is 0 Å². The molecule has 0 bridgehead atoms. The first-order valence-electron chi connectivity index (χ1n) is 13.6. The first-order valence-corrected chi connectivity index (χ1v) is 15.2. The highest BCUT2D eigenvalue weighted by Crippen LogP contribution is 2.53. The maximum atomic E-state index is 13.6. The molecule has 234 valence electrons. The molecule has 2 amide bonds. The second kappa shape index (κ2) is 15.7. The van der Waals surface area contributed by atoms with E-state index in [1.807, 2.05) is 6.07 Å². The van der Waals surface area contributed by atoms with Crippen LogP contribution < -0.4 is 22.1 Å². The molecule has 0 saturated heterocycles. The van der Waals surface area contributed by atoms with Gasteiger partial charge in [-0.05, 0) is 34.7 Å². The molecule has 0 aliphatic heterocycles. The van der Waals surface area contributed by atoms with E-state index in [1.54, 1.807) is 68.4 Å². The lowest BCUT2D eigenvalue weighted by molar-refractivity contribution is -0.145. The Kier molecular flexibility index (Phi) is 12.0. The maximum Gasteiger partial charge on any atom is 0.408 e. The van der Waals surface area contributed by atoms with Crippen molar-refractivity contribution in [3.63, 3.8) is 0 Å². The number of carboxylic acid groups (broad SMARTS) is 1. The Labute approximate surface area is 254 Å². The second-order valence-corrected chi connectivity index (χ2v) is 12.1. The summed E-state index contributed by atoms with van der Waals surface area (Å²) < 4.78 is 24.2. The van der Waals surface area contributed by atoms with Gasteiger partial charge in [0.05, 0.1) is 5.69 Å². The summed E-state index contributed by atoms with van der Waals surface area (Å²) in [6.45, 7) is 3.07. The number of carbonyl (C=O) groups excluding carboxylic acids is 2. The second-order valence-electron chi connectivity index (χ2n) is 10.2. The van der Waals surface area contributed by atoms with E-state index in [0.717, 1.165) is 5.56 Å². The number of nitrogens with zero attached hydrogens (tertiary/aromatic N) is 1. The van der Waals surface area contributed by atoms with Crippen LogP contribution in [0.1, 0.15) is 36.6 Å². The summed E-state index contributed by atoms with van der Waals surface area (Å²) in [6.07, 6.45) is -2.74. The summed E-state index contributed by atoms with van der Waals surface area (Å²) >= 11 is 0. The topological polar surface area (TPSA) is 216 Å². The van der Waals surface area contributed by atoms with Gasteiger partial charge in [0.1, 0.15) is 18.4 Å². The van der Waals surface area contributed by atoms with E-state index in [-0.39, 0.29) is 30.2 Å². The van der Waals surface area contributed by atoms with Crippen LogP contribution in [-0.2, 0) is 36.4 Å². The van der Waals surface area contributed by atoms with Gasteiger partial charge in [-0.25, -0.2) is 14.6 Å². The zero-order chi connectivity index (χ0) is 32.3. The molecule has 13 nitrogen and oxygen atoms in total. The molecule has 0 fully saturated rings. The summed E-state index contributed by atoms with van der Waals surface area (Å²) in [5.74, 6) is -4.87. The Balaban J connectivity index is 1.81. The number of carboxylic acids is 1. The standard InChI is InChI=1S/C30H36N5O8P/c1-19(2)27(44(40,41)43-25(28(37)38)22-14-9-15-23(17-22)33-29(31)32)35-26(36)24(16-20-10-5-3-6-11-20)34-30(39)42-18-21-12-7-4-8-13-21/h3-15,17,19,24-25,27H,16,18H2,1-2H3,(H,34,39)(H,35,36)(H,37,38)(H,40,41)(H4,31,32,33). The van der Waals surface area contributed by atoms with Crippen LogP contribution in [0.3, 0.4) is 0 Å². The molecule has 4 unspecified atom stereocenters. The molecule has 3 rings (SSSR count). The number of rotatable bonds is 14. The van der Waals surface area contributed by atoms with Gasteiger partial charge in [0.15, 0.2) is 12.1 Å². The quantitative estimate of drug-likeness (QED) is 0.0870. The largest absolute Gasteiger partial charge is 0.479 e. The number of aliphatic imine (C=N–C) groups is 1. The lowest BCUT2D eigenvalue weighted by Crippen LogP contribution is -2.52. The summed E-state index contributed by atoms with van der Waals surface area (Å²) in [5.41, 5.74) is 12.4. The highest BCUT2D eigenvalue weighted by atomic mass is 31.2. The number of guanidine groups is 1. The van der Waals surface area contributed by atoms with Crippen LogP contribution in [0.2, 0.25) is 0 Å². The number of benzene rings is 3. The van der Waals surface area contributed by atoms with Crippen LogP contribution >= 0.6 is 7.60 Å². The Bertz CT molecular complexity index is 1500. The van der Waals surface area contributed by atoms with E-state index in [0.29, 0.717) is 5.56 Å². The smallest absolute Gasteiger partial charge is 0.408 e. The predicted molar refractivity (Wildman–Crippen MR) is 164 cm³/mol. The molecule has 4 atom stereocenters. The third kappa shape index (κ3) is 10.2. The zero-order valence-electron chi connectivity index (χ0n) is 24.2. The fraction of sp³-hybridized carbons (Fsp3) is 0.267. The number of carbonyl (C=O) groups is 3. The van der Waals surface area contributed by atoms with Crippen molar-refractivity contribution in [2.24, 2.45) is 22.4 Å². The Morgan fingerprint density at radius 2 is 1.52 bits per heavy atom. The molecule has 44 heavy (non-hydrogen) atoms. The van der Waals surface area contributed by atoms with E-state index in [1.165, 1.54) is 24.3 Å². The van der Waals surface area contributed by atoms with E-state index in [9.17, 15) is 28.9 Å². The average molecular weight is 626 g/mol. The molecule has 14 heteroatoms. The van der Waals surface area contributed by atoms with Crippen LogP contribution in [-0.4, -0.2) is 45.8 Å². The number of ether oxygens (including phenoxy) is 1. The van der Waals surface area contributed by atoms with Crippen LogP contribution in [0, 0.1) is 5.92 Å². The number of hydrogen-bond acceptors (Lipinski definition) is 7. The van der Waals surface area contributed by atoms with Gasteiger partial charge in [-0.15, -0.1) is 0 Å². The minimum absolute atomic E-state index is 0.00658. The van der Waals surface area contributed by atoms with Gasteiger partial charge in [0, 0.05) is 6.42 Å². The minimum Gasteiger partial charge on any atom is -0.479 e. The minimum atomic E-state index is -4.88. The van der Waals surface area contributed by atoms with Crippen molar-refractivity contribution in [2.45, 2.75) is 44.8 Å². The third-order valence-corrected chi connectivity index (χ3v) is 8.23. The lowest BCUT2D eigenvalue weighted by atomic mass is 10.1. The van der Waals surface area contributed by atoms with Crippen LogP contribution in [0.15, 0.2) is 89.9 Å². The average Bonchev–Trinajstić information content (AvgIpc) is 2.97. The monoisotopic (exact) mass is 625 g/mol. The molecule has 0 spiro atoms. The molecule has 0 aliphatic carbocycles. The van der Waals surface area contributed by atoms with Crippen LogP contribution in [0.4, 0.5) is 10.5 Å². The molecular formula is C30H36N5O8P. The number of amides is 2. The molecule has 3 aromatic rings. The number of alkyl carbamates (subject to hydrolysis) is 1. The van der Waals surface area contributed by atoms with E-state index in [2.05, 4.69) is 15.6 Å². The van der Waals surface area contributed by atoms with Crippen molar-refractivity contribution < 1.29 is 38.2 Å². The summed E-state index contributed by atoms with van der Waals surface area (Å²) in [6, 6.07) is 22.2. The van der Waals surface area contributed by atoms with Crippen LogP contribution in [0.25, 0.3) is 0 Å². The van der Waals surface area contributed by atoms with E-state index in [4.69, 9.17) is 20.7 Å². The van der Waals surface area contributed by atoms with Gasteiger partial charge in [0.2, 0.25) is 5.91 Å².